The Morgan fingerprint density at radius 2 is 2.27 bits per heavy atom. The summed E-state index contributed by atoms with van der Waals surface area (Å²) in [6.45, 7) is 7.34. The molecular formula is C14H20Cl2N4S2. The molecule has 1 unspecified atom stereocenters. The van der Waals surface area contributed by atoms with E-state index >= 15 is 0 Å². The van der Waals surface area contributed by atoms with Crippen molar-refractivity contribution in [2.75, 3.05) is 19.6 Å². The van der Waals surface area contributed by atoms with E-state index in [0.29, 0.717) is 4.47 Å². The number of thiazole rings is 2. The predicted octanol–water partition coefficient (Wildman–Crippen LogP) is 3.59. The SMILES string of the molecule is Cc1ncsc1CN(Cc1cnc(Cl)s1)CC1CCNC1.Cl. The van der Waals surface area contributed by atoms with E-state index in [-0.39, 0.29) is 12.4 Å². The van der Waals surface area contributed by atoms with Gasteiger partial charge in [0.05, 0.1) is 11.2 Å². The molecule has 0 spiro atoms. The Balaban J connectivity index is 0.00000176. The quantitative estimate of drug-likeness (QED) is 0.833. The lowest BCUT2D eigenvalue weighted by molar-refractivity contribution is 0.224. The average molecular weight is 379 g/mol. The van der Waals surface area contributed by atoms with Gasteiger partial charge >= 0.3 is 0 Å². The van der Waals surface area contributed by atoms with Gasteiger partial charge in [0, 0.05) is 35.6 Å². The van der Waals surface area contributed by atoms with Crippen molar-refractivity contribution in [3.63, 3.8) is 0 Å². The maximum absolute atomic E-state index is 5.95. The lowest BCUT2D eigenvalue weighted by Crippen LogP contribution is -2.29. The third kappa shape index (κ3) is 4.88. The average Bonchev–Trinajstić information content (AvgIpc) is 3.16. The molecule has 0 aliphatic carbocycles. The fraction of sp³-hybridized carbons (Fsp3) is 0.571. The van der Waals surface area contributed by atoms with Crippen LogP contribution in [0, 0.1) is 12.8 Å². The lowest BCUT2D eigenvalue weighted by Gasteiger charge is -2.24. The van der Waals surface area contributed by atoms with Gasteiger partial charge in [0.2, 0.25) is 0 Å². The third-order valence-electron chi connectivity index (χ3n) is 3.80. The smallest absolute Gasteiger partial charge is 0.183 e. The first-order chi connectivity index (χ1) is 10.2. The fourth-order valence-corrected chi connectivity index (χ4v) is 4.52. The maximum atomic E-state index is 5.95. The van der Waals surface area contributed by atoms with E-state index in [9.17, 15) is 0 Å². The normalized spacial score (nSPS) is 17.9. The molecule has 22 heavy (non-hydrogen) atoms. The number of nitrogens with zero attached hydrogens (tertiary/aromatic N) is 3. The molecule has 1 N–H and O–H groups in total. The minimum Gasteiger partial charge on any atom is -0.316 e. The summed E-state index contributed by atoms with van der Waals surface area (Å²) in [6, 6.07) is 0. The van der Waals surface area contributed by atoms with Crippen LogP contribution in [0.3, 0.4) is 0 Å². The Morgan fingerprint density at radius 3 is 2.86 bits per heavy atom. The molecule has 1 aliphatic rings. The van der Waals surface area contributed by atoms with Crippen LogP contribution in [-0.4, -0.2) is 34.5 Å². The number of aryl methyl sites for hydroxylation is 1. The molecule has 4 nitrogen and oxygen atoms in total. The van der Waals surface area contributed by atoms with Crippen molar-refractivity contribution in [3.05, 3.63) is 31.6 Å². The van der Waals surface area contributed by atoms with Crippen molar-refractivity contribution in [1.29, 1.82) is 0 Å². The zero-order chi connectivity index (χ0) is 14.7. The summed E-state index contributed by atoms with van der Waals surface area (Å²) in [7, 11) is 0. The van der Waals surface area contributed by atoms with E-state index in [0.717, 1.165) is 44.3 Å². The molecule has 122 valence electrons. The van der Waals surface area contributed by atoms with Crippen LogP contribution in [0.15, 0.2) is 11.7 Å². The molecule has 8 heteroatoms. The number of rotatable bonds is 6. The zero-order valence-electron chi connectivity index (χ0n) is 12.4. The van der Waals surface area contributed by atoms with Gasteiger partial charge < -0.3 is 5.32 Å². The Labute approximate surface area is 150 Å². The van der Waals surface area contributed by atoms with Gasteiger partial charge in [0.1, 0.15) is 0 Å². The minimum atomic E-state index is 0. The Bertz CT molecular complexity index is 581. The summed E-state index contributed by atoms with van der Waals surface area (Å²) in [4.78, 5) is 13.6. The van der Waals surface area contributed by atoms with Crippen LogP contribution in [0.5, 0.6) is 0 Å². The molecule has 2 aromatic heterocycles. The molecule has 1 fully saturated rings. The summed E-state index contributed by atoms with van der Waals surface area (Å²) in [5.74, 6) is 0.738. The first-order valence-electron chi connectivity index (χ1n) is 7.13. The van der Waals surface area contributed by atoms with E-state index in [2.05, 4.69) is 27.1 Å². The number of hydrogen-bond donors (Lipinski definition) is 1. The molecule has 0 radical (unpaired) electrons. The van der Waals surface area contributed by atoms with Gasteiger partial charge in [-0.25, -0.2) is 9.97 Å². The lowest BCUT2D eigenvalue weighted by atomic mass is 10.1. The molecular weight excluding hydrogens is 359 g/mol. The largest absolute Gasteiger partial charge is 0.316 e. The highest BCUT2D eigenvalue weighted by Gasteiger charge is 2.20. The van der Waals surface area contributed by atoms with Gasteiger partial charge in [0.15, 0.2) is 4.47 Å². The van der Waals surface area contributed by atoms with Gasteiger partial charge in [-0.1, -0.05) is 11.6 Å². The van der Waals surface area contributed by atoms with Gasteiger partial charge in [0.25, 0.3) is 0 Å². The molecule has 3 rings (SSSR count). The summed E-state index contributed by atoms with van der Waals surface area (Å²) >= 11 is 9.27. The summed E-state index contributed by atoms with van der Waals surface area (Å²) in [6.07, 6.45) is 3.16. The van der Waals surface area contributed by atoms with Crippen molar-refractivity contribution in [2.45, 2.75) is 26.4 Å². The molecule has 1 saturated heterocycles. The zero-order valence-corrected chi connectivity index (χ0v) is 15.6. The second-order valence-corrected chi connectivity index (χ2v) is 8.11. The van der Waals surface area contributed by atoms with Crippen LogP contribution < -0.4 is 5.32 Å². The van der Waals surface area contributed by atoms with E-state index < -0.39 is 0 Å². The first kappa shape index (κ1) is 18.1. The van der Waals surface area contributed by atoms with Gasteiger partial charge in [-0.05, 0) is 32.4 Å². The molecule has 0 bridgehead atoms. The van der Waals surface area contributed by atoms with Crippen molar-refractivity contribution < 1.29 is 0 Å². The number of nitrogens with one attached hydrogen (secondary N) is 1. The molecule has 0 amide bonds. The predicted molar refractivity (Wildman–Crippen MR) is 96.3 cm³/mol. The monoisotopic (exact) mass is 378 g/mol. The van der Waals surface area contributed by atoms with Crippen molar-refractivity contribution in [3.8, 4) is 0 Å². The summed E-state index contributed by atoms with van der Waals surface area (Å²) in [5, 5.41) is 3.45. The van der Waals surface area contributed by atoms with Crippen LogP contribution in [0.2, 0.25) is 4.47 Å². The first-order valence-corrected chi connectivity index (χ1v) is 9.20. The molecule has 3 heterocycles. The molecule has 1 aliphatic heterocycles. The highest BCUT2D eigenvalue weighted by atomic mass is 35.5. The second-order valence-electron chi connectivity index (χ2n) is 5.47. The Hall–Kier alpha value is -0.240. The molecule has 0 aromatic carbocycles. The Morgan fingerprint density at radius 1 is 1.41 bits per heavy atom. The maximum Gasteiger partial charge on any atom is 0.183 e. The van der Waals surface area contributed by atoms with Crippen molar-refractivity contribution >= 4 is 46.7 Å². The molecule has 2 aromatic rings. The van der Waals surface area contributed by atoms with Crippen LogP contribution in [0.25, 0.3) is 0 Å². The number of hydrogen-bond acceptors (Lipinski definition) is 6. The van der Waals surface area contributed by atoms with E-state index in [1.54, 1.807) is 22.7 Å². The van der Waals surface area contributed by atoms with Crippen molar-refractivity contribution in [2.24, 2.45) is 5.92 Å². The topological polar surface area (TPSA) is 41.1 Å². The van der Waals surface area contributed by atoms with Crippen molar-refractivity contribution in [1.82, 2.24) is 20.2 Å². The summed E-state index contributed by atoms with van der Waals surface area (Å²) in [5.41, 5.74) is 3.08. The van der Waals surface area contributed by atoms with Gasteiger partial charge in [-0.15, -0.1) is 35.1 Å². The van der Waals surface area contributed by atoms with Crippen LogP contribution >= 0.6 is 46.7 Å². The third-order valence-corrected chi connectivity index (χ3v) is 5.82. The van der Waals surface area contributed by atoms with Gasteiger partial charge in [-0.3, -0.25) is 4.90 Å². The summed E-state index contributed by atoms with van der Waals surface area (Å²) < 4.78 is 0.626. The molecule has 0 saturated carbocycles. The fourth-order valence-electron chi connectivity index (χ4n) is 2.68. The van der Waals surface area contributed by atoms with E-state index in [1.807, 2.05) is 11.7 Å². The van der Waals surface area contributed by atoms with Crippen LogP contribution in [0.4, 0.5) is 0 Å². The minimum absolute atomic E-state index is 0. The number of aromatic nitrogens is 2. The standard InChI is InChI=1S/C14H19ClN4S2.ClH/c1-10-13(20-9-18-10)8-19(6-11-2-3-16-4-11)7-12-5-17-14(15)21-12;/h5,9,11,16H,2-4,6-8H2,1H3;1H. The highest BCUT2D eigenvalue weighted by molar-refractivity contribution is 7.15. The van der Waals surface area contributed by atoms with Gasteiger partial charge in [-0.2, -0.15) is 0 Å². The molecule has 1 atom stereocenters. The highest BCUT2D eigenvalue weighted by Crippen LogP contribution is 2.23. The van der Waals surface area contributed by atoms with E-state index in [4.69, 9.17) is 11.6 Å². The van der Waals surface area contributed by atoms with E-state index in [1.165, 1.54) is 16.2 Å². The Kier molecular flexibility index (Phi) is 7.05. The van der Waals surface area contributed by atoms with Crippen LogP contribution in [0.1, 0.15) is 21.9 Å². The second kappa shape index (κ2) is 8.57. The van der Waals surface area contributed by atoms with Crippen LogP contribution in [-0.2, 0) is 13.1 Å². The number of halogens is 2.